The van der Waals surface area contributed by atoms with Gasteiger partial charge in [0, 0.05) is 73.6 Å². The van der Waals surface area contributed by atoms with Crippen molar-refractivity contribution >= 4 is 110 Å². The number of amides is 2. The van der Waals surface area contributed by atoms with Gasteiger partial charge in [-0.25, -0.2) is 0 Å². The summed E-state index contributed by atoms with van der Waals surface area (Å²) in [6.07, 6.45) is 10.3. The highest BCUT2D eigenvalue weighted by Crippen LogP contribution is 2.21. The topological polar surface area (TPSA) is 92.3 Å². The molecule has 2 atom stereocenters. The predicted molar refractivity (Wildman–Crippen MR) is 170 cm³/mol. The fourth-order valence-corrected chi connectivity index (χ4v) is 7.82. The summed E-state index contributed by atoms with van der Waals surface area (Å²) in [4.78, 5) is 50.3. The maximum Gasteiger partial charge on any atom is 0.221 e. The van der Waals surface area contributed by atoms with Crippen LogP contribution in [0.3, 0.4) is 0 Å². The normalized spacial score (nSPS) is 12.7. The molecule has 0 saturated heterocycles. The van der Waals surface area contributed by atoms with Gasteiger partial charge in [-0.15, -0.1) is 0 Å². The molecule has 0 saturated carbocycles. The van der Waals surface area contributed by atoms with E-state index in [-0.39, 0.29) is 36.2 Å². The minimum atomic E-state index is -0.409. The zero-order valence-corrected chi connectivity index (χ0v) is 27.4. The van der Waals surface area contributed by atoms with Gasteiger partial charge in [-0.3, -0.25) is 19.2 Å². The maximum atomic E-state index is 12.6. The molecule has 0 radical (unpaired) electrons. The number of hydrogen-bond acceptors (Lipinski definition) is 12. The lowest BCUT2D eigenvalue weighted by Gasteiger charge is -2.25. The van der Waals surface area contributed by atoms with Crippen molar-refractivity contribution in [2.45, 2.75) is 57.0 Å². The second kappa shape index (κ2) is 25.4. The predicted octanol–water partition coefficient (Wildman–Crippen LogP) is 5.87. The highest BCUT2D eigenvalue weighted by atomic mass is 33.1. The van der Waals surface area contributed by atoms with Gasteiger partial charge in [0.05, 0.1) is 0 Å². The largest absolute Gasteiger partial charge is 0.353 e. The van der Waals surface area contributed by atoms with Crippen LogP contribution >= 0.6 is 86.4 Å². The molecule has 0 rings (SSSR count). The van der Waals surface area contributed by atoms with E-state index in [1.807, 2.05) is 25.0 Å². The van der Waals surface area contributed by atoms with Crippen molar-refractivity contribution < 1.29 is 19.2 Å². The quantitative estimate of drug-likeness (QED) is 0.0979. The van der Waals surface area contributed by atoms with Crippen molar-refractivity contribution in [2.24, 2.45) is 0 Å². The number of carbonyl (C=O) groups excluding carboxylic acids is 4. The average Bonchev–Trinajstić information content (AvgIpc) is 2.79. The van der Waals surface area contributed by atoms with Crippen molar-refractivity contribution in [1.29, 1.82) is 0 Å². The third kappa shape index (κ3) is 22.7. The zero-order valence-electron chi connectivity index (χ0n) is 20.8. The molecule has 0 heterocycles. The van der Waals surface area contributed by atoms with Gasteiger partial charge in [0.1, 0.15) is 11.6 Å². The number of carbonyl (C=O) groups is 4. The van der Waals surface area contributed by atoms with E-state index < -0.39 is 12.1 Å². The standard InChI is InChI=1S/C21H38N2O4S8/c1-28-32-9-5-18(24)14-16(22-20(26)7-11-34-30-3)13-17(15-19(25)6-10-33-29-2)23-21(27)8-12-35-31-4/h16-17H,5-15H2,1-4H3,(H,22,26)(H,23,27). The fraction of sp³-hybridized carbons (Fsp3) is 0.810. The summed E-state index contributed by atoms with van der Waals surface area (Å²) in [5, 5.41) is 6.01. The summed E-state index contributed by atoms with van der Waals surface area (Å²) in [7, 11) is 13.0. The van der Waals surface area contributed by atoms with Crippen LogP contribution in [-0.2, 0) is 19.2 Å². The number of ketones is 2. The molecule has 0 spiro atoms. The molecule has 204 valence electrons. The third-order valence-electron chi connectivity index (χ3n) is 4.47. The molecule has 2 amide bonds. The number of rotatable bonds is 24. The van der Waals surface area contributed by atoms with Crippen molar-refractivity contribution in [2.75, 3.05) is 48.0 Å². The second-order valence-electron chi connectivity index (χ2n) is 7.20. The molecule has 0 aliphatic rings. The van der Waals surface area contributed by atoms with Crippen LogP contribution in [0.2, 0.25) is 0 Å². The Morgan fingerprint density at radius 1 is 0.543 bits per heavy atom. The Balaban J connectivity index is 5.27. The van der Waals surface area contributed by atoms with Gasteiger partial charge in [-0.1, -0.05) is 86.4 Å². The van der Waals surface area contributed by atoms with Crippen LogP contribution in [-0.4, -0.2) is 83.5 Å². The van der Waals surface area contributed by atoms with Crippen molar-refractivity contribution in [1.82, 2.24) is 10.6 Å². The van der Waals surface area contributed by atoms with E-state index in [4.69, 9.17) is 0 Å². The fourth-order valence-electron chi connectivity index (χ4n) is 3.00. The van der Waals surface area contributed by atoms with Crippen LogP contribution in [0, 0.1) is 0 Å². The van der Waals surface area contributed by atoms with Crippen LogP contribution in [0.25, 0.3) is 0 Å². The van der Waals surface area contributed by atoms with E-state index in [0.29, 0.717) is 43.6 Å². The zero-order chi connectivity index (χ0) is 26.3. The highest BCUT2D eigenvalue weighted by Gasteiger charge is 2.24. The molecular weight excluding hydrogens is 601 g/mol. The van der Waals surface area contributed by atoms with Gasteiger partial charge >= 0.3 is 0 Å². The Bertz CT molecular complexity index is 518. The molecule has 0 fully saturated rings. The monoisotopic (exact) mass is 638 g/mol. The highest BCUT2D eigenvalue weighted by molar-refractivity contribution is 8.77. The molecule has 0 aromatic carbocycles. The van der Waals surface area contributed by atoms with Crippen molar-refractivity contribution in [3.8, 4) is 0 Å². The minimum Gasteiger partial charge on any atom is -0.353 e. The summed E-state index contributed by atoms with van der Waals surface area (Å²) < 4.78 is 0. The van der Waals surface area contributed by atoms with Gasteiger partial charge < -0.3 is 10.6 Å². The smallest absolute Gasteiger partial charge is 0.221 e. The molecule has 0 aromatic rings. The van der Waals surface area contributed by atoms with Gasteiger partial charge in [0.15, 0.2) is 0 Å². The summed E-state index contributed by atoms with van der Waals surface area (Å²) in [6.45, 7) is 0. The Morgan fingerprint density at radius 3 is 1.17 bits per heavy atom. The molecule has 35 heavy (non-hydrogen) atoms. The maximum absolute atomic E-state index is 12.6. The van der Waals surface area contributed by atoms with E-state index in [9.17, 15) is 19.2 Å². The molecule has 0 bridgehead atoms. The molecule has 2 N–H and O–H groups in total. The summed E-state index contributed by atoms with van der Waals surface area (Å²) >= 11 is 0. The van der Waals surface area contributed by atoms with Crippen LogP contribution in [0.1, 0.15) is 44.9 Å². The van der Waals surface area contributed by atoms with Gasteiger partial charge in [-0.2, -0.15) is 0 Å². The van der Waals surface area contributed by atoms with Gasteiger partial charge in [0.25, 0.3) is 0 Å². The second-order valence-corrected chi connectivity index (χ2v) is 17.9. The van der Waals surface area contributed by atoms with Gasteiger partial charge in [0.2, 0.25) is 11.8 Å². The summed E-state index contributed by atoms with van der Waals surface area (Å²) in [5.74, 6) is 2.79. The lowest BCUT2D eigenvalue weighted by molar-refractivity contribution is -0.122. The number of Topliss-reactive ketones (excluding diaryl/α,β-unsaturated/α-hetero) is 2. The van der Waals surface area contributed by atoms with E-state index in [2.05, 4.69) is 10.6 Å². The number of hydrogen-bond donors (Lipinski definition) is 2. The summed E-state index contributed by atoms with van der Waals surface area (Å²) in [6, 6.07) is -0.819. The van der Waals surface area contributed by atoms with E-state index in [1.54, 1.807) is 86.4 Å². The molecule has 0 aliphatic heterocycles. The lowest BCUT2D eigenvalue weighted by Crippen LogP contribution is -2.45. The van der Waals surface area contributed by atoms with Crippen LogP contribution in [0.4, 0.5) is 0 Å². The minimum absolute atomic E-state index is 0.0829. The Kier molecular flexibility index (Phi) is 26.1. The Morgan fingerprint density at radius 2 is 0.857 bits per heavy atom. The molecule has 2 unspecified atom stereocenters. The average molecular weight is 639 g/mol. The van der Waals surface area contributed by atoms with Crippen molar-refractivity contribution in [3.63, 3.8) is 0 Å². The molecule has 0 aromatic heterocycles. The Hall–Kier alpha value is 1.08. The van der Waals surface area contributed by atoms with Gasteiger partial charge in [-0.05, 0) is 31.4 Å². The first-order valence-corrected chi connectivity index (χ1v) is 22.0. The summed E-state index contributed by atoms with van der Waals surface area (Å²) in [5.41, 5.74) is 0. The van der Waals surface area contributed by atoms with Crippen molar-refractivity contribution in [3.05, 3.63) is 0 Å². The van der Waals surface area contributed by atoms with E-state index in [1.165, 1.54) is 0 Å². The molecular formula is C21H38N2O4S8. The van der Waals surface area contributed by atoms with Crippen LogP contribution < -0.4 is 10.6 Å². The Labute approximate surface area is 242 Å². The first-order chi connectivity index (χ1) is 16.9. The van der Waals surface area contributed by atoms with Crippen LogP contribution in [0.15, 0.2) is 0 Å². The number of nitrogens with one attached hydrogen (secondary N) is 2. The molecule has 6 nitrogen and oxygen atoms in total. The molecule has 14 heteroatoms. The SMILES string of the molecule is CSSCCC(=O)CC(CC(CC(=O)CCSSC)NC(=O)CCSSC)NC(=O)CCSSC. The first kappa shape index (κ1) is 36.1. The third-order valence-corrected chi connectivity index (χ3v) is 11.7. The van der Waals surface area contributed by atoms with E-state index in [0.717, 1.165) is 11.5 Å². The first-order valence-electron chi connectivity index (χ1n) is 11.1. The molecule has 0 aliphatic carbocycles. The van der Waals surface area contributed by atoms with Crippen LogP contribution in [0.5, 0.6) is 0 Å². The lowest BCUT2D eigenvalue weighted by atomic mass is 9.96. The van der Waals surface area contributed by atoms with E-state index >= 15 is 0 Å².